The highest BCUT2D eigenvalue weighted by Gasteiger charge is 2.38. The van der Waals surface area contributed by atoms with Crippen molar-refractivity contribution in [3.63, 3.8) is 0 Å². The van der Waals surface area contributed by atoms with Crippen molar-refractivity contribution < 1.29 is 9.47 Å². The number of ether oxygens (including phenoxy) is 2. The first-order valence-corrected chi connectivity index (χ1v) is 5.02. The molecule has 0 aromatic carbocycles. The fraction of sp³-hybridized carbons (Fsp3) is 1.00. The van der Waals surface area contributed by atoms with Gasteiger partial charge in [0.15, 0.2) is 0 Å². The molecule has 2 aliphatic rings. The van der Waals surface area contributed by atoms with Crippen LogP contribution in [0.25, 0.3) is 0 Å². The maximum atomic E-state index is 5.89. The first kappa shape index (κ1) is 9.44. The van der Waals surface area contributed by atoms with Gasteiger partial charge in [-0.2, -0.15) is 0 Å². The first-order valence-electron chi connectivity index (χ1n) is 5.02. The van der Waals surface area contributed by atoms with Crippen molar-refractivity contribution in [1.29, 1.82) is 0 Å². The monoisotopic (exact) mass is 185 g/mol. The quantitative estimate of drug-likeness (QED) is 0.637. The SMILES string of the molecule is CN1C[C@H](OC2COC2)CC1(C)C. The van der Waals surface area contributed by atoms with Gasteiger partial charge < -0.3 is 9.47 Å². The molecule has 0 aromatic heterocycles. The Morgan fingerprint density at radius 2 is 2.00 bits per heavy atom. The van der Waals surface area contributed by atoms with E-state index in [4.69, 9.17) is 9.47 Å². The highest BCUT2D eigenvalue weighted by atomic mass is 16.6. The molecule has 0 aromatic rings. The number of rotatable bonds is 2. The van der Waals surface area contributed by atoms with Gasteiger partial charge in [0.25, 0.3) is 0 Å². The molecule has 1 atom stereocenters. The zero-order valence-corrected chi connectivity index (χ0v) is 8.75. The third kappa shape index (κ3) is 1.87. The normalized spacial score (nSPS) is 34.8. The fourth-order valence-corrected chi connectivity index (χ4v) is 1.99. The molecule has 0 aliphatic carbocycles. The van der Waals surface area contributed by atoms with Crippen LogP contribution < -0.4 is 0 Å². The van der Waals surface area contributed by atoms with Crippen LogP contribution in [0.5, 0.6) is 0 Å². The van der Waals surface area contributed by atoms with Crippen molar-refractivity contribution in [2.75, 3.05) is 26.8 Å². The minimum atomic E-state index is 0.301. The second-order valence-electron chi connectivity index (χ2n) is 4.81. The Labute approximate surface area is 80.0 Å². The van der Waals surface area contributed by atoms with Crippen molar-refractivity contribution in [1.82, 2.24) is 4.90 Å². The molecule has 2 aliphatic heterocycles. The molecule has 0 unspecified atom stereocenters. The van der Waals surface area contributed by atoms with E-state index >= 15 is 0 Å². The minimum absolute atomic E-state index is 0.301. The molecule has 13 heavy (non-hydrogen) atoms. The van der Waals surface area contributed by atoms with Crippen LogP contribution in [0.3, 0.4) is 0 Å². The summed E-state index contributed by atoms with van der Waals surface area (Å²) in [7, 11) is 2.17. The second kappa shape index (κ2) is 3.23. The zero-order chi connectivity index (χ0) is 9.47. The summed E-state index contributed by atoms with van der Waals surface area (Å²) in [4.78, 5) is 2.37. The van der Waals surface area contributed by atoms with E-state index in [1.54, 1.807) is 0 Å². The van der Waals surface area contributed by atoms with E-state index in [0.29, 0.717) is 17.7 Å². The van der Waals surface area contributed by atoms with Crippen LogP contribution in [-0.2, 0) is 9.47 Å². The third-order valence-corrected chi connectivity index (χ3v) is 3.23. The van der Waals surface area contributed by atoms with Gasteiger partial charge in [-0.25, -0.2) is 0 Å². The average Bonchev–Trinajstić information content (AvgIpc) is 2.18. The summed E-state index contributed by atoms with van der Waals surface area (Å²) in [6, 6.07) is 0. The van der Waals surface area contributed by atoms with Crippen molar-refractivity contribution in [3.8, 4) is 0 Å². The molecule has 0 spiro atoms. The zero-order valence-electron chi connectivity index (χ0n) is 8.75. The molecule has 0 amide bonds. The summed E-state index contributed by atoms with van der Waals surface area (Å²) in [6.45, 7) is 7.19. The molecular formula is C10H19NO2. The molecule has 2 rings (SSSR count). The van der Waals surface area contributed by atoms with Crippen molar-refractivity contribution in [2.45, 2.75) is 38.0 Å². The Hall–Kier alpha value is -0.120. The lowest BCUT2D eigenvalue weighted by molar-refractivity contribution is -0.151. The van der Waals surface area contributed by atoms with Crippen LogP contribution in [0.4, 0.5) is 0 Å². The van der Waals surface area contributed by atoms with E-state index in [2.05, 4.69) is 25.8 Å². The summed E-state index contributed by atoms with van der Waals surface area (Å²) in [5, 5.41) is 0. The van der Waals surface area contributed by atoms with Gasteiger partial charge in [-0.1, -0.05) is 0 Å². The number of hydrogen-bond donors (Lipinski definition) is 0. The van der Waals surface area contributed by atoms with E-state index in [-0.39, 0.29) is 0 Å². The van der Waals surface area contributed by atoms with Crippen LogP contribution >= 0.6 is 0 Å². The van der Waals surface area contributed by atoms with Crippen molar-refractivity contribution in [3.05, 3.63) is 0 Å². The molecular weight excluding hydrogens is 166 g/mol. The lowest BCUT2D eigenvalue weighted by Crippen LogP contribution is -2.39. The van der Waals surface area contributed by atoms with Gasteiger partial charge >= 0.3 is 0 Å². The predicted octanol–water partition coefficient (Wildman–Crippen LogP) is 0.884. The Morgan fingerprint density at radius 1 is 1.31 bits per heavy atom. The molecule has 2 saturated heterocycles. The molecule has 3 heteroatoms. The minimum Gasteiger partial charge on any atom is -0.376 e. The predicted molar refractivity (Wildman–Crippen MR) is 50.8 cm³/mol. The van der Waals surface area contributed by atoms with E-state index < -0.39 is 0 Å². The van der Waals surface area contributed by atoms with Gasteiger partial charge in [-0.05, 0) is 27.3 Å². The van der Waals surface area contributed by atoms with Gasteiger partial charge in [0.05, 0.1) is 19.3 Å². The standard InChI is InChI=1S/C10H19NO2/c1-10(2)4-8(5-11(10)3)13-9-6-12-7-9/h8-9H,4-7H2,1-3H3/t8-/m1/s1. The molecule has 3 nitrogen and oxygen atoms in total. The highest BCUT2D eigenvalue weighted by Crippen LogP contribution is 2.29. The van der Waals surface area contributed by atoms with Crippen molar-refractivity contribution in [2.24, 2.45) is 0 Å². The first-order chi connectivity index (χ1) is 6.08. The van der Waals surface area contributed by atoms with Gasteiger partial charge in [0.1, 0.15) is 6.10 Å². The van der Waals surface area contributed by atoms with E-state index in [1.807, 2.05) is 0 Å². The smallest absolute Gasteiger partial charge is 0.105 e. The molecule has 2 heterocycles. The Kier molecular flexibility index (Phi) is 2.34. The molecule has 0 radical (unpaired) electrons. The van der Waals surface area contributed by atoms with Crippen LogP contribution in [0.1, 0.15) is 20.3 Å². The van der Waals surface area contributed by atoms with E-state index in [9.17, 15) is 0 Å². The summed E-state index contributed by atoms with van der Waals surface area (Å²) >= 11 is 0. The molecule has 0 saturated carbocycles. The molecule has 76 valence electrons. The highest BCUT2D eigenvalue weighted by molar-refractivity contribution is 4.92. The van der Waals surface area contributed by atoms with Gasteiger partial charge in [-0.3, -0.25) is 4.90 Å². The Balaban J connectivity index is 1.82. The Morgan fingerprint density at radius 3 is 2.38 bits per heavy atom. The number of hydrogen-bond acceptors (Lipinski definition) is 3. The summed E-state index contributed by atoms with van der Waals surface area (Å²) in [6.07, 6.45) is 1.92. The van der Waals surface area contributed by atoms with Crippen molar-refractivity contribution >= 4 is 0 Å². The maximum absolute atomic E-state index is 5.89. The summed E-state index contributed by atoms with van der Waals surface area (Å²) in [5.41, 5.74) is 0.301. The summed E-state index contributed by atoms with van der Waals surface area (Å²) < 4.78 is 11.0. The lowest BCUT2D eigenvalue weighted by Gasteiger charge is -2.29. The Bertz CT molecular complexity index is 189. The number of nitrogens with zero attached hydrogens (tertiary/aromatic N) is 1. The van der Waals surface area contributed by atoms with Gasteiger partial charge in [0.2, 0.25) is 0 Å². The van der Waals surface area contributed by atoms with Gasteiger partial charge in [-0.15, -0.1) is 0 Å². The largest absolute Gasteiger partial charge is 0.376 e. The van der Waals surface area contributed by atoms with Gasteiger partial charge in [0, 0.05) is 12.1 Å². The van der Waals surface area contributed by atoms with Crippen LogP contribution in [0, 0.1) is 0 Å². The maximum Gasteiger partial charge on any atom is 0.105 e. The number of likely N-dealkylation sites (N-methyl/N-ethyl adjacent to an activating group) is 1. The summed E-state index contributed by atoms with van der Waals surface area (Å²) in [5.74, 6) is 0. The lowest BCUT2D eigenvalue weighted by atomic mass is 10.0. The molecule has 0 N–H and O–H groups in total. The third-order valence-electron chi connectivity index (χ3n) is 3.23. The van der Waals surface area contributed by atoms with Crippen LogP contribution in [0.15, 0.2) is 0 Å². The molecule has 0 bridgehead atoms. The van der Waals surface area contributed by atoms with Crippen LogP contribution in [0.2, 0.25) is 0 Å². The molecule has 2 fully saturated rings. The van der Waals surface area contributed by atoms with E-state index in [0.717, 1.165) is 26.2 Å². The van der Waals surface area contributed by atoms with E-state index in [1.165, 1.54) is 0 Å². The van der Waals surface area contributed by atoms with Crippen LogP contribution in [-0.4, -0.2) is 49.5 Å². The fourth-order valence-electron chi connectivity index (χ4n) is 1.99. The number of likely N-dealkylation sites (tertiary alicyclic amines) is 1. The average molecular weight is 185 g/mol. The topological polar surface area (TPSA) is 21.7 Å². The second-order valence-corrected chi connectivity index (χ2v) is 4.81.